The minimum atomic E-state index is -0.343. The molecular weight excluding hydrogens is 407 g/mol. The SMILES string of the molecule is COc1cc([C@@H](C)NC2CC[C@H](c3ccc(C(=O)N4CCC(O)CC4)cc3)C2)ccc1F. The molecule has 4 rings (SSSR count). The van der Waals surface area contributed by atoms with Gasteiger partial charge in [-0.25, -0.2) is 4.39 Å². The molecule has 0 radical (unpaired) electrons. The van der Waals surface area contributed by atoms with E-state index in [1.807, 2.05) is 17.0 Å². The molecule has 0 spiro atoms. The molecule has 0 aromatic heterocycles. The van der Waals surface area contributed by atoms with E-state index in [9.17, 15) is 14.3 Å². The third-order valence-electron chi connectivity index (χ3n) is 6.97. The van der Waals surface area contributed by atoms with Gasteiger partial charge in [0, 0.05) is 30.7 Å². The number of hydrogen-bond donors (Lipinski definition) is 2. The third kappa shape index (κ3) is 5.13. The molecule has 1 saturated heterocycles. The Kier molecular flexibility index (Phi) is 7.11. The largest absolute Gasteiger partial charge is 0.494 e. The Labute approximate surface area is 189 Å². The maximum atomic E-state index is 13.7. The summed E-state index contributed by atoms with van der Waals surface area (Å²) in [5.41, 5.74) is 3.01. The number of benzene rings is 2. The number of ether oxygens (including phenoxy) is 1. The summed E-state index contributed by atoms with van der Waals surface area (Å²) in [4.78, 5) is 14.6. The van der Waals surface area contributed by atoms with Gasteiger partial charge in [-0.05, 0) is 80.3 Å². The smallest absolute Gasteiger partial charge is 0.253 e. The lowest BCUT2D eigenvalue weighted by Crippen LogP contribution is -2.40. The molecule has 1 unspecified atom stereocenters. The van der Waals surface area contributed by atoms with Crippen molar-refractivity contribution in [3.63, 3.8) is 0 Å². The molecular formula is C26H33FN2O3. The minimum absolute atomic E-state index is 0.0537. The lowest BCUT2D eigenvalue weighted by molar-refractivity contribution is 0.0546. The number of aliphatic hydroxyl groups excluding tert-OH is 1. The molecule has 3 atom stereocenters. The normalized spacial score (nSPS) is 22.7. The van der Waals surface area contributed by atoms with E-state index in [-0.39, 0.29) is 29.6 Å². The van der Waals surface area contributed by atoms with Gasteiger partial charge in [0.05, 0.1) is 13.2 Å². The van der Waals surface area contributed by atoms with Gasteiger partial charge in [-0.1, -0.05) is 18.2 Å². The number of amides is 1. The first-order chi connectivity index (χ1) is 15.4. The molecule has 5 nitrogen and oxygen atoms in total. The van der Waals surface area contributed by atoms with Crippen molar-refractivity contribution in [2.24, 2.45) is 0 Å². The standard InChI is InChI=1S/C26H33FN2O3/c1-17(20-8-10-24(27)25(16-20)32-2)28-22-9-7-21(15-22)18-3-5-19(6-4-18)26(31)29-13-11-23(30)12-14-29/h3-6,8,10,16-17,21-23,28,30H,7,9,11-15H2,1-2H3/t17-,21+,22?/m1/s1. The van der Waals surface area contributed by atoms with Gasteiger partial charge >= 0.3 is 0 Å². The van der Waals surface area contributed by atoms with Gasteiger partial charge in [-0.3, -0.25) is 4.79 Å². The topological polar surface area (TPSA) is 61.8 Å². The fourth-order valence-electron chi connectivity index (χ4n) is 4.98. The number of nitrogens with one attached hydrogen (secondary N) is 1. The van der Waals surface area contributed by atoms with Crippen molar-refractivity contribution in [2.45, 2.75) is 63.1 Å². The van der Waals surface area contributed by atoms with Crippen LogP contribution in [-0.2, 0) is 0 Å². The van der Waals surface area contributed by atoms with E-state index in [1.54, 1.807) is 12.1 Å². The second kappa shape index (κ2) is 10.0. The summed E-state index contributed by atoms with van der Waals surface area (Å²) >= 11 is 0. The van der Waals surface area contributed by atoms with E-state index in [1.165, 1.54) is 18.7 Å². The van der Waals surface area contributed by atoms with Crippen molar-refractivity contribution in [1.82, 2.24) is 10.2 Å². The van der Waals surface area contributed by atoms with Crippen LogP contribution in [-0.4, -0.2) is 48.3 Å². The number of likely N-dealkylation sites (tertiary alicyclic amines) is 1. The highest BCUT2D eigenvalue weighted by molar-refractivity contribution is 5.94. The van der Waals surface area contributed by atoms with E-state index < -0.39 is 0 Å². The maximum absolute atomic E-state index is 13.7. The summed E-state index contributed by atoms with van der Waals surface area (Å²) in [6.45, 7) is 3.34. The predicted octanol–water partition coefficient (Wildman–Crippen LogP) is 4.42. The van der Waals surface area contributed by atoms with Crippen LogP contribution in [0.3, 0.4) is 0 Å². The van der Waals surface area contributed by atoms with Crippen molar-refractivity contribution in [3.8, 4) is 5.75 Å². The lowest BCUT2D eigenvalue weighted by atomic mass is 9.96. The van der Waals surface area contributed by atoms with E-state index >= 15 is 0 Å². The molecule has 2 aromatic rings. The van der Waals surface area contributed by atoms with Crippen LogP contribution in [0.5, 0.6) is 5.75 Å². The zero-order valence-corrected chi connectivity index (χ0v) is 18.9. The Bertz CT molecular complexity index is 925. The number of methoxy groups -OCH3 is 1. The van der Waals surface area contributed by atoms with Crippen molar-refractivity contribution in [2.75, 3.05) is 20.2 Å². The average molecular weight is 441 g/mol. The number of piperidine rings is 1. The summed E-state index contributed by atoms with van der Waals surface area (Å²) in [6.07, 6.45) is 4.27. The van der Waals surface area contributed by atoms with Gasteiger partial charge in [0.25, 0.3) is 5.91 Å². The first-order valence-corrected chi connectivity index (χ1v) is 11.6. The van der Waals surface area contributed by atoms with Crippen molar-refractivity contribution >= 4 is 5.91 Å². The van der Waals surface area contributed by atoms with Crippen LogP contribution in [0, 0.1) is 5.82 Å². The van der Waals surface area contributed by atoms with Gasteiger partial charge < -0.3 is 20.1 Å². The first kappa shape index (κ1) is 22.7. The Morgan fingerprint density at radius 1 is 1.12 bits per heavy atom. The Morgan fingerprint density at radius 2 is 1.84 bits per heavy atom. The number of carbonyl (C=O) groups is 1. The predicted molar refractivity (Wildman–Crippen MR) is 122 cm³/mol. The van der Waals surface area contributed by atoms with Crippen LogP contribution in [0.15, 0.2) is 42.5 Å². The molecule has 32 heavy (non-hydrogen) atoms. The number of halogens is 1. The molecule has 1 saturated carbocycles. The summed E-state index contributed by atoms with van der Waals surface area (Å²) in [5, 5.41) is 13.3. The zero-order chi connectivity index (χ0) is 22.7. The third-order valence-corrected chi connectivity index (χ3v) is 6.97. The summed E-state index contributed by atoms with van der Waals surface area (Å²) in [5.74, 6) is 0.453. The van der Waals surface area contributed by atoms with E-state index in [2.05, 4.69) is 24.4 Å². The average Bonchev–Trinajstić information content (AvgIpc) is 3.28. The number of nitrogens with zero attached hydrogens (tertiary/aromatic N) is 1. The fraction of sp³-hybridized carbons (Fsp3) is 0.500. The van der Waals surface area contributed by atoms with Gasteiger partial charge in [0.15, 0.2) is 11.6 Å². The molecule has 172 valence electrons. The van der Waals surface area contributed by atoms with Crippen LogP contribution in [0.1, 0.15) is 72.5 Å². The number of carbonyl (C=O) groups excluding carboxylic acids is 1. The van der Waals surface area contributed by atoms with E-state index in [0.29, 0.717) is 37.9 Å². The van der Waals surface area contributed by atoms with Crippen LogP contribution >= 0.6 is 0 Å². The lowest BCUT2D eigenvalue weighted by Gasteiger charge is -2.29. The van der Waals surface area contributed by atoms with Gasteiger partial charge in [-0.15, -0.1) is 0 Å². The number of aliphatic hydroxyl groups is 1. The highest BCUT2D eigenvalue weighted by atomic mass is 19.1. The van der Waals surface area contributed by atoms with Gasteiger partial charge in [0.2, 0.25) is 0 Å². The van der Waals surface area contributed by atoms with Crippen molar-refractivity contribution < 1.29 is 19.0 Å². The summed E-state index contributed by atoms with van der Waals surface area (Å²) in [6, 6.07) is 13.6. The second-order valence-corrected chi connectivity index (χ2v) is 9.13. The second-order valence-electron chi connectivity index (χ2n) is 9.13. The molecule has 0 bridgehead atoms. The quantitative estimate of drug-likeness (QED) is 0.698. The molecule has 1 amide bonds. The van der Waals surface area contributed by atoms with Gasteiger partial charge in [-0.2, -0.15) is 0 Å². The maximum Gasteiger partial charge on any atom is 0.253 e. The van der Waals surface area contributed by atoms with Crippen LogP contribution in [0.2, 0.25) is 0 Å². The monoisotopic (exact) mass is 440 g/mol. The first-order valence-electron chi connectivity index (χ1n) is 11.6. The molecule has 2 aliphatic rings. The summed E-state index contributed by atoms with van der Waals surface area (Å²) < 4.78 is 18.8. The zero-order valence-electron chi connectivity index (χ0n) is 18.9. The van der Waals surface area contributed by atoms with Crippen LogP contribution in [0.25, 0.3) is 0 Å². The van der Waals surface area contributed by atoms with E-state index in [0.717, 1.165) is 30.4 Å². The molecule has 2 aromatic carbocycles. The highest BCUT2D eigenvalue weighted by Crippen LogP contribution is 2.36. The molecule has 1 aliphatic carbocycles. The molecule has 1 aliphatic heterocycles. The minimum Gasteiger partial charge on any atom is -0.494 e. The Morgan fingerprint density at radius 3 is 2.53 bits per heavy atom. The van der Waals surface area contributed by atoms with Crippen LogP contribution in [0.4, 0.5) is 4.39 Å². The molecule has 6 heteroatoms. The molecule has 2 N–H and O–H groups in total. The molecule has 1 heterocycles. The fourth-order valence-corrected chi connectivity index (χ4v) is 4.98. The molecule has 2 fully saturated rings. The van der Waals surface area contributed by atoms with Crippen molar-refractivity contribution in [1.29, 1.82) is 0 Å². The number of rotatable bonds is 6. The van der Waals surface area contributed by atoms with Gasteiger partial charge in [0.1, 0.15) is 0 Å². The Hall–Kier alpha value is -2.44. The Balaban J connectivity index is 1.32. The van der Waals surface area contributed by atoms with Crippen molar-refractivity contribution in [3.05, 3.63) is 65.0 Å². The summed E-state index contributed by atoms with van der Waals surface area (Å²) in [7, 11) is 1.48. The highest BCUT2D eigenvalue weighted by Gasteiger charge is 2.28. The number of hydrogen-bond acceptors (Lipinski definition) is 4. The van der Waals surface area contributed by atoms with Crippen LogP contribution < -0.4 is 10.1 Å². The van der Waals surface area contributed by atoms with E-state index in [4.69, 9.17) is 4.74 Å².